The summed E-state index contributed by atoms with van der Waals surface area (Å²) >= 11 is 0. The smallest absolute Gasteiger partial charge is 0.193 e. The van der Waals surface area contributed by atoms with E-state index in [0.717, 1.165) is 35.3 Å². The summed E-state index contributed by atoms with van der Waals surface area (Å²) in [5.74, 6) is 0.991. The molecule has 0 fully saturated rings. The van der Waals surface area contributed by atoms with Gasteiger partial charge in [0, 0.05) is 17.5 Å². The van der Waals surface area contributed by atoms with Crippen molar-refractivity contribution >= 4 is 5.78 Å². The van der Waals surface area contributed by atoms with E-state index in [4.69, 9.17) is 4.74 Å². The lowest BCUT2D eigenvalue weighted by Crippen LogP contribution is -2.05. The van der Waals surface area contributed by atoms with Crippen LogP contribution < -0.4 is 4.74 Å². The first-order valence-electron chi connectivity index (χ1n) is 7.10. The minimum absolute atomic E-state index is 0.0787. The second kappa shape index (κ2) is 5.12. The van der Waals surface area contributed by atoms with E-state index in [0.29, 0.717) is 0 Å². The maximum absolute atomic E-state index is 12.5. The number of hydrogen-bond donors (Lipinski definition) is 0. The molecule has 3 rings (SSSR count). The van der Waals surface area contributed by atoms with Crippen LogP contribution in [0.3, 0.4) is 0 Å². The summed E-state index contributed by atoms with van der Waals surface area (Å²) in [6.45, 7) is 4.16. The van der Waals surface area contributed by atoms with Gasteiger partial charge >= 0.3 is 0 Å². The zero-order valence-corrected chi connectivity index (χ0v) is 11.8. The number of fused-ring (bicyclic) bond motifs is 1. The van der Waals surface area contributed by atoms with Crippen LogP contribution in [0.5, 0.6) is 5.75 Å². The minimum atomic E-state index is 0.0787. The fraction of sp³-hybridized carbons (Fsp3) is 0.278. The molecule has 0 N–H and O–H groups in total. The van der Waals surface area contributed by atoms with Gasteiger partial charge in [0.15, 0.2) is 5.78 Å². The van der Waals surface area contributed by atoms with E-state index in [-0.39, 0.29) is 11.9 Å². The third-order valence-electron chi connectivity index (χ3n) is 3.78. The number of carbonyl (C=O) groups excluding carboxylic acids is 1. The summed E-state index contributed by atoms with van der Waals surface area (Å²) in [6, 6.07) is 13.6. The Labute approximate surface area is 119 Å². The van der Waals surface area contributed by atoms with Gasteiger partial charge in [-0.2, -0.15) is 0 Å². The summed E-state index contributed by atoms with van der Waals surface area (Å²) in [7, 11) is 0. The number of benzene rings is 2. The molecule has 0 saturated carbocycles. The Balaban J connectivity index is 1.89. The summed E-state index contributed by atoms with van der Waals surface area (Å²) in [5.41, 5.74) is 3.87. The van der Waals surface area contributed by atoms with Crippen LogP contribution in [0.4, 0.5) is 0 Å². The maximum Gasteiger partial charge on any atom is 0.193 e. The van der Waals surface area contributed by atoms with E-state index in [1.165, 1.54) is 5.56 Å². The van der Waals surface area contributed by atoms with Crippen molar-refractivity contribution < 1.29 is 9.53 Å². The highest BCUT2D eigenvalue weighted by Crippen LogP contribution is 2.30. The van der Waals surface area contributed by atoms with Crippen LogP contribution in [0, 0.1) is 0 Å². The normalized spacial score (nSPS) is 16.6. The van der Waals surface area contributed by atoms with E-state index in [1.54, 1.807) is 0 Å². The molecule has 2 aromatic carbocycles. The molecular formula is C18H18O2. The van der Waals surface area contributed by atoms with Gasteiger partial charge < -0.3 is 4.74 Å². The van der Waals surface area contributed by atoms with Gasteiger partial charge in [-0.1, -0.05) is 31.2 Å². The van der Waals surface area contributed by atoms with Crippen molar-refractivity contribution in [1.29, 1.82) is 0 Å². The van der Waals surface area contributed by atoms with E-state index >= 15 is 0 Å². The third-order valence-corrected chi connectivity index (χ3v) is 3.78. The molecule has 0 aromatic heterocycles. The number of rotatable bonds is 3. The molecule has 0 amide bonds. The van der Waals surface area contributed by atoms with E-state index in [2.05, 4.69) is 6.92 Å². The summed E-state index contributed by atoms with van der Waals surface area (Å²) in [4.78, 5) is 12.5. The topological polar surface area (TPSA) is 26.3 Å². The van der Waals surface area contributed by atoms with Gasteiger partial charge in [-0.05, 0) is 42.7 Å². The molecule has 0 saturated heterocycles. The monoisotopic (exact) mass is 266 g/mol. The largest absolute Gasteiger partial charge is 0.490 e. The number of carbonyl (C=O) groups is 1. The summed E-state index contributed by atoms with van der Waals surface area (Å²) in [5, 5.41) is 0. The lowest BCUT2D eigenvalue weighted by atomic mass is 9.99. The van der Waals surface area contributed by atoms with Crippen molar-refractivity contribution in [3.05, 3.63) is 64.7 Å². The molecule has 1 aliphatic heterocycles. The number of hydrogen-bond acceptors (Lipinski definition) is 2. The lowest BCUT2D eigenvalue weighted by Gasteiger charge is -2.05. The summed E-state index contributed by atoms with van der Waals surface area (Å²) in [6.07, 6.45) is 2.08. The molecule has 0 radical (unpaired) electrons. The Kier molecular flexibility index (Phi) is 3.31. The Bertz CT molecular complexity index is 641. The van der Waals surface area contributed by atoms with Gasteiger partial charge in [0.1, 0.15) is 11.9 Å². The van der Waals surface area contributed by atoms with Crippen LogP contribution in [0.25, 0.3) is 0 Å². The number of aryl methyl sites for hydroxylation is 1. The van der Waals surface area contributed by atoms with Gasteiger partial charge in [0.2, 0.25) is 0 Å². The molecule has 1 atom stereocenters. The SMILES string of the molecule is CCc1ccc(C(=O)c2ccc3c(c2)CC(C)O3)cc1. The van der Waals surface area contributed by atoms with Crippen LogP contribution >= 0.6 is 0 Å². The second-order valence-corrected chi connectivity index (χ2v) is 5.33. The van der Waals surface area contributed by atoms with Gasteiger partial charge in [-0.3, -0.25) is 4.79 Å². The van der Waals surface area contributed by atoms with Crippen molar-refractivity contribution in [2.24, 2.45) is 0 Å². The lowest BCUT2D eigenvalue weighted by molar-refractivity contribution is 0.103. The zero-order valence-electron chi connectivity index (χ0n) is 11.8. The van der Waals surface area contributed by atoms with Crippen molar-refractivity contribution in [3.8, 4) is 5.75 Å². The molecule has 2 heteroatoms. The molecule has 0 aliphatic carbocycles. The first kappa shape index (κ1) is 12.9. The first-order chi connectivity index (χ1) is 9.67. The van der Waals surface area contributed by atoms with Crippen molar-refractivity contribution in [3.63, 3.8) is 0 Å². The predicted octanol–water partition coefficient (Wildman–Crippen LogP) is 3.80. The molecule has 1 heterocycles. The first-order valence-corrected chi connectivity index (χ1v) is 7.10. The van der Waals surface area contributed by atoms with E-state index < -0.39 is 0 Å². The average Bonchev–Trinajstić information content (AvgIpc) is 2.85. The van der Waals surface area contributed by atoms with Crippen LogP contribution in [0.1, 0.15) is 40.9 Å². The molecule has 1 aliphatic rings. The molecule has 2 aromatic rings. The van der Waals surface area contributed by atoms with Crippen LogP contribution in [0.15, 0.2) is 42.5 Å². The van der Waals surface area contributed by atoms with E-state index in [9.17, 15) is 4.79 Å². The zero-order chi connectivity index (χ0) is 14.1. The Morgan fingerprint density at radius 1 is 1.15 bits per heavy atom. The highest BCUT2D eigenvalue weighted by atomic mass is 16.5. The fourth-order valence-corrected chi connectivity index (χ4v) is 2.62. The standard InChI is InChI=1S/C18H18O2/c1-3-13-4-6-14(7-5-13)18(19)15-8-9-17-16(11-15)10-12(2)20-17/h4-9,11-12H,3,10H2,1-2H3. The fourth-order valence-electron chi connectivity index (χ4n) is 2.62. The Morgan fingerprint density at radius 3 is 2.55 bits per heavy atom. The highest BCUT2D eigenvalue weighted by molar-refractivity contribution is 6.09. The molecule has 20 heavy (non-hydrogen) atoms. The number of ether oxygens (including phenoxy) is 1. The number of ketones is 1. The van der Waals surface area contributed by atoms with Crippen molar-refractivity contribution in [1.82, 2.24) is 0 Å². The van der Waals surface area contributed by atoms with Gasteiger partial charge in [-0.15, -0.1) is 0 Å². The quantitative estimate of drug-likeness (QED) is 0.790. The van der Waals surface area contributed by atoms with Crippen LogP contribution in [-0.4, -0.2) is 11.9 Å². The van der Waals surface area contributed by atoms with Crippen LogP contribution in [0.2, 0.25) is 0 Å². The van der Waals surface area contributed by atoms with Gasteiger partial charge in [0.05, 0.1) is 0 Å². The highest BCUT2D eigenvalue weighted by Gasteiger charge is 2.20. The van der Waals surface area contributed by atoms with Gasteiger partial charge in [0.25, 0.3) is 0 Å². The second-order valence-electron chi connectivity index (χ2n) is 5.33. The molecule has 1 unspecified atom stereocenters. The average molecular weight is 266 g/mol. The Morgan fingerprint density at radius 2 is 1.85 bits per heavy atom. The van der Waals surface area contributed by atoms with Crippen molar-refractivity contribution in [2.45, 2.75) is 32.8 Å². The van der Waals surface area contributed by atoms with Crippen LogP contribution in [-0.2, 0) is 12.8 Å². The minimum Gasteiger partial charge on any atom is -0.490 e. The maximum atomic E-state index is 12.5. The Hall–Kier alpha value is -2.09. The van der Waals surface area contributed by atoms with Crippen molar-refractivity contribution in [2.75, 3.05) is 0 Å². The molecule has 0 bridgehead atoms. The van der Waals surface area contributed by atoms with Gasteiger partial charge in [-0.25, -0.2) is 0 Å². The predicted molar refractivity (Wildman–Crippen MR) is 79.5 cm³/mol. The molecular weight excluding hydrogens is 248 g/mol. The molecule has 0 spiro atoms. The summed E-state index contributed by atoms with van der Waals surface area (Å²) < 4.78 is 5.67. The molecule has 2 nitrogen and oxygen atoms in total. The third kappa shape index (κ3) is 2.34. The van der Waals surface area contributed by atoms with E-state index in [1.807, 2.05) is 49.4 Å². The molecule has 102 valence electrons.